The zero-order valence-electron chi connectivity index (χ0n) is 12.5. The highest BCUT2D eigenvalue weighted by atomic mass is 32.1. The van der Waals surface area contributed by atoms with Gasteiger partial charge in [0.15, 0.2) is 5.13 Å². The number of nitrogens with one attached hydrogen (secondary N) is 1. The fraction of sp³-hybridized carbons (Fsp3) is 0.111. The molecule has 0 aliphatic carbocycles. The Morgan fingerprint density at radius 3 is 2.55 bits per heavy atom. The monoisotopic (exact) mass is 308 g/mol. The van der Waals surface area contributed by atoms with Gasteiger partial charge in [0.2, 0.25) is 0 Å². The lowest BCUT2D eigenvalue weighted by Gasteiger charge is -2.04. The number of hydrogen-bond acceptors (Lipinski definition) is 3. The number of carbonyl (C=O) groups is 1. The fourth-order valence-electron chi connectivity index (χ4n) is 2.12. The van der Waals surface area contributed by atoms with Gasteiger partial charge < -0.3 is 0 Å². The van der Waals surface area contributed by atoms with Crippen LogP contribution in [0.3, 0.4) is 0 Å². The Labute approximate surface area is 133 Å². The van der Waals surface area contributed by atoms with Crippen LogP contribution >= 0.6 is 11.3 Å². The van der Waals surface area contributed by atoms with E-state index in [-0.39, 0.29) is 5.91 Å². The van der Waals surface area contributed by atoms with Crippen LogP contribution in [0.15, 0.2) is 54.7 Å². The summed E-state index contributed by atoms with van der Waals surface area (Å²) in [5.74, 6) is -0.128. The molecule has 2 aromatic carbocycles. The summed E-state index contributed by atoms with van der Waals surface area (Å²) in [5, 5.41) is 3.48. The predicted octanol–water partition coefficient (Wildman–Crippen LogP) is 4.68. The van der Waals surface area contributed by atoms with Crippen LogP contribution in [0.4, 0.5) is 5.13 Å². The summed E-state index contributed by atoms with van der Waals surface area (Å²) in [7, 11) is 0. The second-order valence-corrected chi connectivity index (χ2v) is 6.18. The maximum Gasteiger partial charge on any atom is 0.257 e. The summed E-state index contributed by atoms with van der Waals surface area (Å²) in [6, 6.07) is 15.7. The number of benzene rings is 2. The highest BCUT2D eigenvalue weighted by Gasteiger charge is 2.10. The van der Waals surface area contributed by atoms with Crippen molar-refractivity contribution in [1.29, 1.82) is 0 Å². The molecule has 3 nitrogen and oxygen atoms in total. The van der Waals surface area contributed by atoms with Crippen LogP contribution in [-0.4, -0.2) is 10.9 Å². The van der Waals surface area contributed by atoms with Gasteiger partial charge in [0.25, 0.3) is 5.91 Å². The van der Waals surface area contributed by atoms with Crippen molar-refractivity contribution < 1.29 is 4.79 Å². The van der Waals surface area contributed by atoms with Crippen molar-refractivity contribution in [3.05, 3.63) is 71.4 Å². The molecule has 1 aromatic heterocycles. The van der Waals surface area contributed by atoms with Gasteiger partial charge >= 0.3 is 0 Å². The van der Waals surface area contributed by atoms with Gasteiger partial charge in [-0.25, -0.2) is 4.98 Å². The summed E-state index contributed by atoms with van der Waals surface area (Å²) >= 11 is 1.47. The topological polar surface area (TPSA) is 42.0 Å². The summed E-state index contributed by atoms with van der Waals surface area (Å²) in [4.78, 5) is 17.6. The van der Waals surface area contributed by atoms with Gasteiger partial charge in [0.1, 0.15) is 0 Å². The molecule has 0 saturated carbocycles. The summed E-state index contributed by atoms with van der Waals surface area (Å²) < 4.78 is 0. The third kappa shape index (κ3) is 3.07. The normalized spacial score (nSPS) is 10.5. The summed E-state index contributed by atoms with van der Waals surface area (Å²) in [6.07, 6.45) is 1.79. The third-order valence-corrected chi connectivity index (χ3v) is 4.52. The minimum absolute atomic E-state index is 0.128. The van der Waals surface area contributed by atoms with E-state index in [1.807, 2.05) is 62.4 Å². The number of rotatable bonds is 3. The van der Waals surface area contributed by atoms with Gasteiger partial charge in [0, 0.05) is 11.8 Å². The molecule has 0 aliphatic rings. The van der Waals surface area contributed by atoms with Crippen LogP contribution in [0.25, 0.3) is 10.4 Å². The number of carbonyl (C=O) groups excluding carboxylic acids is 1. The Hall–Kier alpha value is -2.46. The van der Waals surface area contributed by atoms with Crippen LogP contribution in [0.1, 0.15) is 21.5 Å². The average molecular weight is 308 g/mol. The first kappa shape index (κ1) is 14.5. The van der Waals surface area contributed by atoms with Crippen molar-refractivity contribution in [3.8, 4) is 10.4 Å². The third-order valence-electron chi connectivity index (χ3n) is 3.55. The second kappa shape index (κ2) is 6.12. The zero-order valence-corrected chi connectivity index (χ0v) is 13.3. The molecule has 0 saturated heterocycles. The molecule has 3 aromatic rings. The van der Waals surface area contributed by atoms with E-state index in [4.69, 9.17) is 0 Å². The van der Waals surface area contributed by atoms with Crippen molar-refractivity contribution in [1.82, 2.24) is 4.98 Å². The molecule has 1 heterocycles. The lowest BCUT2D eigenvalue weighted by atomic mass is 10.1. The first-order valence-electron chi connectivity index (χ1n) is 7.03. The summed E-state index contributed by atoms with van der Waals surface area (Å²) in [6.45, 7) is 4.03. The molecule has 1 amide bonds. The molecule has 0 bridgehead atoms. The molecule has 0 fully saturated rings. The average Bonchev–Trinajstić information content (AvgIpc) is 2.99. The van der Waals surface area contributed by atoms with Crippen LogP contribution in [0.5, 0.6) is 0 Å². The number of nitrogens with zero attached hydrogens (tertiary/aromatic N) is 1. The molecule has 110 valence electrons. The molecule has 0 aliphatic heterocycles. The van der Waals surface area contributed by atoms with Crippen molar-refractivity contribution in [2.75, 3.05) is 5.32 Å². The van der Waals surface area contributed by atoms with E-state index >= 15 is 0 Å². The van der Waals surface area contributed by atoms with Gasteiger partial charge in [-0.2, -0.15) is 0 Å². The molecule has 1 N–H and O–H groups in total. The Balaban J connectivity index is 1.77. The van der Waals surface area contributed by atoms with E-state index in [2.05, 4.69) is 10.3 Å². The quantitative estimate of drug-likeness (QED) is 0.763. The van der Waals surface area contributed by atoms with Crippen molar-refractivity contribution in [3.63, 3.8) is 0 Å². The number of aryl methyl sites for hydroxylation is 2. The first-order chi connectivity index (χ1) is 10.6. The number of anilines is 1. The SMILES string of the molecule is Cc1ccc(C(=O)Nc2ncc(-c3ccccc3)s2)cc1C. The molecular weight excluding hydrogens is 292 g/mol. The number of hydrogen-bond donors (Lipinski definition) is 1. The first-order valence-corrected chi connectivity index (χ1v) is 7.85. The van der Waals surface area contributed by atoms with Crippen molar-refractivity contribution in [2.45, 2.75) is 13.8 Å². The van der Waals surface area contributed by atoms with Crippen molar-refractivity contribution >= 4 is 22.4 Å². The lowest BCUT2D eigenvalue weighted by Crippen LogP contribution is -2.11. The molecule has 0 unspecified atom stereocenters. The van der Waals surface area contributed by atoms with Crippen LogP contribution < -0.4 is 5.32 Å². The van der Waals surface area contributed by atoms with Gasteiger partial charge in [-0.15, -0.1) is 0 Å². The van der Waals surface area contributed by atoms with E-state index in [9.17, 15) is 4.79 Å². The smallest absolute Gasteiger partial charge is 0.257 e. The summed E-state index contributed by atoms with van der Waals surface area (Å²) in [5.41, 5.74) is 4.04. The van der Waals surface area contributed by atoms with E-state index in [0.29, 0.717) is 10.7 Å². The zero-order chi connectivity index (χ0) is 15.5. The number of aromatic nitrogens is 1. The molecule has 4 heteroatoms. The van der Waals surface area contributed by atoms with E-state index in [0.717, 1.165) is 16.0 Å². The van der Waals surface area contributed by atoms with Gasteiger partial charge in [-0.1, -0.05) is 47.7 Å². The molecule has 0 atom stereocenters. The molecule has 0 radical (unpaired) electrons. The largest absolute Gasteiger partial charge is 0.298 e. The maximum absolute atomic E-state index is 12.3. The van der Waals surface area contributed by atoms with Crippen LogP contribution in [0, 0.1) is 13.8 Å². The second-order valence-electron chi connectivity index (χ2n) is 5.15. The van der Waals surface area contributed by atoms with Crippen LogP contribution in [-0.2, 0) is 0 Å². The van der Waals surface area contributed by atoms with E-state index in [1.54, 1.807) is 6.20 Å². The minimum Gasteiger partial charge on any atom is -0.298 e. The molecule has 3 rings (SSSR count). The highest BCUT2D eigenvalue weighted by molar-refractivity contribution is 7.19. The van der Waals surface area contributed by atoms with E-state index in [1.165, 1.54) is 16.9 Å². The van der Waals surface area contributed by atoms with Gasteiger partial charge in [-0.3, -0.25) is 10.1 Å². The van der Waals surface area contributed by atoms with Gasteiger partial charge in [0.05, 0.1) is 4.88 Å². The maximum atomic E-state index is 12.3. The Morgan fingerprint density at radius 2 is 1.82 bits per heavy atom. The molecule has 22 heavy (non-hydrogen) atoms. The highest BCUT2D eigenvalue weighted by Crippen LogP contribution is 2.28. The fourth-order valence-corrected chi connectivity index (χ4v) is 2.94. The Morgan fingerprint density at radius 1 is 1.05 bits per heavy atom. The number of thiazole rings is 1. The van der Waals surface area contributed by atoms with Gasteiger partial charge in [-0.05, 0) is 42.7 Å². The molecular formula is C18H16N2OS. The Kier molecular flexibility index (Phi) is 4.02. The molecule has 0 spiro atoms. The Bertz CT molecular complexity index is 809. The number of amides is 1. The lowest BCUT2D eigenvalue weighted by molar-refractivity contribution is 0.102. The minimum atomic E-state index is -0.128. The van der Waals surface area contributed by atoms with E-state index < -0.39 is 0 Å². The van der Waals surface area contributed by atoms with Crippen molar-refractivity contribution in [2.24, 2.45) is 0 Å². The standard InChI is InChI=1S/C18H16N2OS/c1-12-8-9-15(10-13(12)2)17(21)20-18-19-11-16(22-18)14-6-4-3-5-7-14/h3-11H,1-2H3,(H,19,20,21). The van der Waals surface area contributed by atoms with Crippen LogP contribution in [0.2, 0.25) is 0 Å². The predicted molar refractivity (Wildman–Crippen MR) is 91.4 cm³/mol.